The number of hydrogen-bond donors (Lipinski definition) is 0. The summed E-state index contributed by atoms with van der Waals surface area (Å²) in [6, 6.07) is 20.6. The molecule has 2 amide bonds. The zero-order valence-corrected chi connectivity index (χ0v) is 19.8. The number of carbonyl (C=O) groups excluding carboxylic acids is 2. The molecule has 1 fully saturated rings. The van der Waals surface area contributed by atoms with Crippen LogP contribution in [0.2, 0.25) is 5.02 Å². The van der Waals surface area contributed by atoms with E-state index in [9.17, 15) is 9.59 Å². The molecule has 5 nitrogen and oxygen atoms in total. The first-order valence-electron chi connectivity index (χ1n) is 10.3. The molecule has 0 spiro atoms. The summed E-state index contributed by atoms with van der Waals surface area (Å²) in [4.78, 5) is 27.0. The number of benzene rings is 3. The van der Waals surface area contributed by atoms with Crippen molar-refractivity contribution in [3.8, 4) is 11.5 Å². The van der Waals surface area contributed by atoms with Gasteiger partial charge in [-0.2, -0.15) is 0 Å². The number of hydrogen-bond acceptors (Lipinski definition) is 5. The lowest BCUT2D eigenvalue weighted by Crippen LogP contribution is -2.27. The van der Waals surface area contributed by atoms with Gasteiger partial charge in [0.05, 0.1) is 18.6 Å². The van der Waals surface area contributed by atoms with Crippen molar-refractivity contribution in [1.29, 1.82) is 0 Å². The molecule has 7 heteroatoms. The summed E-state index contributed by atoms with van der Waals surface area (Å²) in [5.41, 5.74) is 3.72. The quantitative estimate of drug-likeness (QED) is 0.363. The number of imide groups is 1. The van der Waals surface area contributed by atoms with E-state index in [4.69, 9.17) is 21.1 Å². The third-order valence-electron chi connectivity index (χ3n) is 5.09. The third-order valence-corrected chi connectivity index (χ3v) is 6.25. The molecule has 0 saturated carbocycles. The molecule has 3 aromatic carbocycles. The molecule has 168 valence electrons. The molecule has 0 unspecified atom stereocenters. The second-order valence-corrected chi connectivity index (χ2v) is 9.01. The molecular formula is C26H22ClNO4S. The van der Waals surface area contributed by atoms with Crippen molar-refractivity contribution in [3.63, 3.8) is 0 Å². The molecule has 0 radical (unpaired) electrons. The molecule has 0 aliphatic carbocycles. The Labute approximate surface area is 202 Å². The molecule has 0 N–H and O–H groups in total. The van der Waals surface area contributed by atoms with Crippen LogP contribution in [0.3, 0.4) is 0 Å². The Morgan fingerprint density at radius 3 is 2.48 bits per heavy atom. The molecule has 1 heterocycles. The summed E-state index contributed by atoms with van der Waals surface area (Å²) in [5, 5.41) is 0.395. The number of rotatable bonds is 7. The Bertz CT molecular complexity index is 1220. The van der Waals surface area contributed by atoms with Crippen LogP contribution in [0.1, 0.15) is 22.3 Å². The molecule has 4 rings (SSSR count). The van der Waals surface area contributed by atoms with E-state index in [0.717, 1.165) is 34.0 Å². The van der Waals surface area contributed by atoms with E-state index >= 15 is 0 Å². The lowest BCUT2D eigenvalue weighted by Gasteiger charge is -2.13. The van der Waals surface area contributed by atoms with Crippen LogP contribution in [0.4, 0.5) is 4.79 Å². The Kier molecular flexibility index (Phi) is 7.06. The van der Waals surface area contributed by atoms with Crippen LogP contribution in [0, 0.1) is 6.92 Å². The number of carbonyl (C=O) groups is 2. The van der Waals surface area contributed by atoms with Gasteiger partial charge in [0.15, 0.2) is 11.5 Å². The van der Waals surface area contributed by atoms with Crippen molar-refractivity contribution in [2.45, 2.75) is 20.1 Å². The monoisotopic (exact) mass is 479 g/mol. The minimum atomic E-state index is -0.298. The van der Waals surface area contributed by atoms with Crippen LogP contribution < -0.4 is 9.47 Å². The van der Waals surface area contributed by atoms with Gasteiger partial charge in [-0.25, -0.2) is 0 Å². The van der Waals surface area contributed by atoms with E-state index in [1.165, 1.54) is 4.90 Å². The van der Waals surface area contributed by atoms with Gasteiger partial charge in [0, 0.05) is 5.02 Å². The minimum absolute atomic E-state index is 0.254. The summed E-state index contributed by atoms with van der Waals surface area (Å²) in [7, 11) is 1.56. The van der Waals surface area contributed by atoms with Crippen LogP contribution in [0.5, 0.6) is 11.5 Å². The first-order chi connectivity index (χ1) is 15.9. The summed E-state index contributed by atoms with van der Waals surface area (Å²) < 4.78 is 11.4. The van der Waals surface area contributed by atoms with Crippen molar-refractivity contribution in [1.82, 2.24) is 4.90 Å². The number of halogens is 1. The number of amides is 2. The van der Waals surface area contributed by atoms with Gasteiger partial charge in [0.25, 0.3) is 11.1 Å². The Hall–Kier alpha value is -3.22. The normalized spacial score (nSPS) is 14.8. The van der Waals surface area contributed by atoms with E-state index in [-0.39, 0.29) is 17.7 Å². The summed E-state index contributed by atoms with van der Waals surface area (Å²) in [6.45, 7) is 2.60. The van der Waals surface area contributed by atoms with Crippen molar-refractivity contribution in [2.75, 3.05) is 7.11 Å². The average Bonchev–Trinajstić information content (AvgIpc) is 3.06. The summed E-state index contributed by atoms with van der Waals surface area (Å²) in [5.74, 6) is 0.822. The second-order valence-electron chi connectivity index (χ2n) is 7.58. The highest BCUT2D eigenvalue weighted by Crippen LogP contribution is 2.35. The van der Waals surface area contributed by atoms with Gasteiger partial charge in [-0.1, -0.05) is 59.6 Å². The third kappa shape index (κ3) is 5.59. The number of ether oxygens (including phenoxy) is 2. The number of aryl methyl sites for hydroxylation is 1. The van der Waals surface area contributed by atoms with Crippen LogP contribution in [-0.4, -0.2) is 23.2 Å². The molecule has 0 atom stereocenters. The SMILES string of the molecule is COc1cc(/C=C2/SC(=O)N(Cc3cccc(C)c3)C2=O)ccc1OCc1ccc(Cl)cc1. The summed E-state index contributed by atoms with van der Waals surface area (Å²) in [6.07, 6.45) is 1.70. The molecule has 0 bridgehead atoms. The standard InChI is InChI=1S/C26H22ClNO4S/c1-17-4-3-5-20(12-17)15-28-25(29)24(33-26(28)30)14-19-8-11-22(23(13-19)31-2)32-16-18-6-9-21(27)10-7-18/h3-14H,15-16H2,1-2H3/b24-14+. The van der Waals surface area contributed by atoms with Gasteiger partial charge in [0.2, 0.25) is 0 Å². The van der Waals surface area contributed by atoms with Crippen LogP contribution in [0.25, 0.3) is 6.08 Å². The van der Waals surface area contributed by atoms with Gasteiger partial charge in [0.1, 0.15) is 6.61 Å². The maximum Gasteiger partial charge on any atom is 0.293 e. The first-order valence-corrected chi connectivity index (χ1v) is 11.5. The van der Waals surface area contributed by atoms with Crippen molar-refractivity contribution in [3.05, 3.63) is 98.9 Å². The highest BCUT2D eigenvalue weighted by Gasteiger charge is 2.35. The number of nitrogens with zero attached hydrogens (tertiary/aromatic N) is 1. The van der Waals surface area contributed by atoms with Gasteiger partial charge < -0.3 is 9.47 Å². The van der Waals surface area contributed by atoms with Crippen LogP contribution >= 0.6 is 23.4 Å². The topological polar surface area (TPSA) is 55.8 Å². The van der Waals surface area contributed by atoms with E-state index in [0.29, 0.717) is 28.0 Å². The highest BCUT2D eigenvalue weighted by molar-refractivity contribution is 8.18. The number of thioether (sulfide) groups is 1. The van der Waals surface area contributed by atoms with Crippen molar-refractivity contribution in [2.24, 2.45) is 0 Å². The van der Waals surface area contributed by atoms with Gasteiger partial charge in [-0.15, -0.1) is 0 Å². The fourth-order valence-electron chi connectivity index (χ4n) is 3.42. The van der Waals surface area contributed by atoms with Crippen molar-refractivity contribution < 1.29 is 19.1 Å². The fourth-order valence-corrected chi connectivity index (χ4v) is 4.38. The molecular weight excluding hydrogens is 458 g/mol. The predicted octanol–water partition coefficient (Wildman–Crippen LogP) is 6.47. The maximum atomic E-state index is 12.9. The lowest BCUT2D eigenvalue weighted by molar-refractivity contribution is -0.123. The van der Waals surface area contributed by atoms with Gasteiger partial charge >= 0.3 is 0 Å². The van der Waals surface area contributed by atoms with E-state index in [1.807, 2.05) is 61.5 Å². The maximum absolute atomic E-state index is 12.9. The predicted molar refractivity (Wildman–Crippen MR) is 131 cm³/mol. The summed E-state index contributed by atoms with van der Waals surface area (Å²) >= 11 is 6.86. The largest absolute Gasteiger partial charge is 0.493 e. The molecule has 0 aromatic heterocycles. The molecule has 3 aromatic rings. The molecule has 1 aliphatic rings. The second kappa shape index (κ2) is 10.1. The Morgan fingerprint density at radius 2 is 1.76 bits per heavy atom. The minimum Gasteiger partial charge on any atom is -0.493 e. The fraction of sp³-hybridized carbons (Fsp3) is 0.154. The smallest absolute Gasteiger partial charge is 0.293 e. The van der Waals surface area contributed by atoms with E-state index in [2.05, 4.69) is 0 Å². The molecule has 1 saturated heterocycles. The number of methoxy groups -OCH3 is 1. The zero-order chi connectivity index (χ0) is 23.4. The van der Waals surface area contributed by atoms with Gasteiger partial charge in [-0.05, 0) is 65.7 Å². The van der Waals surface area contributed by atoms with E-state index in [1.54, 1.807) is 25.3 Å². The van der Waals surface area contributed by atoms with Crippen LogP contribution in [-0.2, 0) is 17.9 Å². The Morgan fingerprint density at radius 1 is 0.970 bits per heavy atom. The highest BCUT2D eigenvalue weighted by atomic mass is 35.5. The van der Waals surface area contributed by atoms with E-state index < -0.39 is 0 Å². The lowest BCUT2D eigenvalue weighted by atomic mass is 10.1. The van der Waals surface area contributed by atoms with Gasteiger partial charge in [-0.3, -0.25) is 14.5 Å². The molecule has 1 aliphatic heterocycles. The first kappa shape index (κ1) is 23.0. The zero-order valence-electron chi connectivity index (χ0n) is 18.2. The van der Waals surface area contributed by atoms with Crippen LogP contribution in [0.15, 0.2) is 71.6 Å². The molecule has 33 heavy (non-hydrogen) atoms. The van der Waals surface area contributed by atoms with Crippen molar-refractivity contribution >= 4 is 40.6 Å². The Balaban J connectivity index is 1.48. The average molecular weight is 480 g/mol.